The van der Waals surface area contributed by atoms with Crippen LogP contribution in [0.25, 0.3) is 0 Å². The maximum absolute atomic E-state index is 11.4. The maximum atomic E-state index is 11.4. The van der Waals surface area contributed by atoms with Gasteiger partial charge in [-0.2, -0.15) is 5.10 Å². The number of aromatic nitrogens is 2. The van der Waals surface area contributed by atoms with Crippen molar-refractivity contribution >= 4 is 11.5 Å². The zero-order valence-electron chi connectivity index (χ0n) is 15.5. The molecule has 1 fully saturated rings. The van der Waals surface area contributed by atoms with Crippen LogP contribution in [0.4, 0.5) is 11.5 Å². The van der Waals surface area contributed by atoms with Gasteiger partial charge in [0.05, 0.1) is 11.5 Å². The predicted octanol–water partition coefficient (Wildman–Crippen LogP) is 2.36. The molecule has 3 rings (SSSR count). The van der Waals surface area contributed by atoms with Crippen molar-refractivity contribution in [3.8, 4) is 5.75 Å². The molecule has 1 aromatic carbocycles. The zero-order valence-corrected chi connectivity index (χ0v) is 15.5. The summed E-state index contributed by atoms with van der Waals surface area (Å²) in [7, 11) is 1.77. The van der Waals surface area contributed by atoms with Gasteiger partial charge in [0.1, 0.15) is 11.4 Å². The molecular formula is C18H25N5O3. The Morgan fingerprint density at radius 3 is 2.42 bits per heavy atom. The summed E-state index contributed by atoms with van der Waals surface area (Å²) < 4.78 is 7.09. The van der Waals surface area contributed by atoms with Gasteiger partial charge in [-0.05, 0) is 31.5 Å². The van der Waals surface area contributed by atoms with Crippen LogP contribution in [0, 0.1) is 17.0 Å². The van der Waals surface area contributed by atoms with E-state index in [1.54, 1.807) is 18.7 Å². The fraction of sp³-hybridized carbons (Fsp3) is 0.500. The van der Waals surface area contributed by atoms with Crippen LogP contribution >= 0.6 is 0 Å². The molecule has 2 heterocycles. The molecule has 0 atom stereocenters. The Kier molecular flexibility index (Phi) is 5.41. The van der Waals surface area contributed by atoms with E-state index in [0.717, 1.165) is 38.5 Å². The Morgan fingerprint density at radius 1 is 1.19 bits per heavy atom. The Balaban J connectivity index is 1.62. The van der Waals surface area contributed by atoms with Crippen LogP contribution in [0.1, 0.15) is 18.2 Å². The fourth-order valence-corrected chi connectivity index (χ4v) is 3.44. The molecule has 0 spiro atoms. The summed E-state index contributed by atoms with van der Waals surface area (Å²) in [6.07, 6.45) is 0. The SMILES string of the molecule is CCOc1ccc(CN2CCN(c3c([N+](=O)[O-])c(C)nn3C)CC2)cc1. The van der Waals surface area contributed by atoms with Crippen molar-refractivity contribution < 1.29 is 9.66 Å². The van der Waals surface area contributed by atoms with Crippen molar-refractivity contribution in [1.29, 1.82) is 0 Å². The molecule has 140 valence electrons. The molecule has 1 saturated heterocycles. The second-order valence-electron chi connectivity index (χ2n) is 6.48. The summed E-state index contributed by atoms with van der Waals surface area (Å²) in [6.45, 7) is 8.40. The minimum absolute atomic E-state index is 0.118. The maximum Gasteiger partial charge on any atom is 0.333 e. The lowest BCUT2D eigenvalue weighted by Crippen LogP contribution is -2.46. The van der Waals surface area contributed by atoms with E-state index in [1.807, 2.05) is 19.1 Å². The first-order chi connectivity index (χ1) is 12.5. The summed E-state index contributed by atoms with van der Waals surface area (Å²) in [5.41, 5.74) is 1.82. The molecular weight excluding hydrogens is 334 g/mol. The molecule has 0 unspecified atom stereocenters. The molecule has 0 bridgehead atoms. The van der Waals surface area contributed by atoms with Gasteiger partial charge in [0.15, 0.2) is 0 Å². The van der Waals surface area contributed by atoms with Crippen LogP contribution in [-0.2, 0) is 13.6 Å². The fourth-order valence-electron chi connectivity index (χ4n) is 3.44. The number of hydrogen-bond acceptors (Lipinski definition) is 6. The number of ether oxygens (including phenoxy) is 1. The number of anilines is 1. The number of nitrogens with zero attached hydrogens (tertiary/aromatic N) is 5. The molecule has 0 saturated carbocycles. The number of piperazine rings is 1. The van der Waals surface area contributed by atoms with Crippen molar-refractivity contribution in [3.05, 3.63) is 45.6 Å². The zero-order chi connectivity index (χ0) is 18.7. The third-order valence-corrected chi connectivity index (χ3v) is 4.66. The standard InChI is InChI=1S/C18H25N5O3/c1-4-26-16-7-5-15(6-8-16)13-21-9-11-22(12-10-21)18-17(23(24)25)14(2)19-20(18)3/h5-8H,4,9-13H2,1-3H3. The highest BCUT2D eigenvalue weighted by Gasteiger charge is 2.30. The lowest BCUT2D eigenvalue weighted by atomic mass is 10.2. The van der Waals surface area contributed by atoms with Gasteiger partial charge in [-0.15, -0.1) is 0 Å². The first-order valence-corrected chi connectivity index (χ1v) is 8.86. The highest BCUT2D eigenvalue weighted by atomic mass is 16.6. The smallest absolute Gasteiger partial charge is 0.333 e. The number of hydrogen-bond donors (Lipinski definition) is 0. The Bertz CT molecular complexity index is 764. The van der Waals surface area contributed by atoms with E-state index in [1.165, 1.54) is 5.56 Å². The van der Waals surface area contributed by atoms with Gasteiger partial charge in [-0.3, -0.25) is 15.0 Å². The molecule has 0 amide bonds. The number of benzene rings is 1. The lowest BCUT2D eigenvalue weighted by molar-refractivity contribution is -0.384. The summed E-state index contributed by atoms with van der Waals surface area (Å²) in [4.78, 5) is 15.5. The average Bonchev–Trinajstić information content (AvgIpc) is 2.92. The third-order valence-electron chi connectivity index (χ3n) is 4.66. The summed E-state index contributed by atoms with van der Waals surface area (Å²) in [6, 6.07) is 8.17. The Labute approximate surface area is 153 Å². The molecule has 0 N–H and O–H groups in total. The number of rotatable bonds is 6. The van der Waals surface area contributed by atoms with Crippen LogP contribution in [0.3, 0.4) is 0 Å². The van der Waals surface area contributed by atoms with Crippen LogP contribution in [-0.4, -0.2) is 52.4 Å². The predicted molar refractivity (Wildman–Crippen MR) is 99.7 cm³/mol. The Morgan fingerprint density at radius 2 is 1.85 bits per heavy atom. The monoisotopic (exact) mass is 359 g/mol. The van der Waals surface area contributed by atoms with Gasteiger partial charge < -0.3 is 9.64 Å². The molecule has 2 aromatic rings. The molecule has 1 aliphatic rings. The first-order valence-electron chi connectivity index (χ1n) is 8.86. The molecule has 0 aliphatic carbocycles. The van der Waals surface area contributed by atoms with Crippen LogP contribution < -0.4 is 9.64 Å². The van der Waals surface area contributed by atoms with Crippen molar-refractivity contribution in [2.45, 2.75) is 20.4 Å². The van der Waals surface area contributed by atoms with E-state index < -0.39 is 0 Å². The van der Waals surface area contributed by atoms with E-state index in [9.17, 15) is 10.1 Å². The van der Waals surface area contributed by atoms with E-state index in [0.29, 0.717) is 18.1 Å². The van der Waals surface area contributed by atoms with E-state index in [4.69, 9.17) is 4.74 Å². The normalized spacial score (nSPS) is 15.3. The van der Waals surface area contributed by atoms with E-state index >= 15 is 0 Å². The molecule has 8 nitrogen and oxygen atoms in total. The van der Waals surface area contributed by atoms with Gasteiger partial charge in [0.25, 0.3) is 0 Å². The van der Waals surface area contributed by atoms with Gasteiger partial charge in [-0.1, -0.05) is 12.1 Å². The first kappa shape index (κ1) is 18.2. The minimum atomic E-state index is -0.329. The van der Waals surface area contributed by atoms with Crippen LogP contribution in [0.15, 0.2) is 24.3 Å². The molecule has 0 radical (unpaired) electrons. The number of nitro groups is 1. The highest BCUT2D eigenvalue weighted by molar-refractivity contribution is 5.61. The van der Waals surface area contributed by atoms with E-state index in [-0.39, 0.29) is 10.6 Å². The summed E-state index contributed by atoms with van der Waals surface area (Å²) in [5.74, 6) is 1.49. The van der Waals surface area contributed by atoms with Crippen LogP contribution in [0.2, 0.25) is 0 Å². The number of aryl methyl sites for hydroxylation is 2. The Hall–Kier alpha value is -2.61. The van der Waals surface area contributed by atoms with Crippen molar-refractivity contribution in [2.75, 3.05) is 37.7 Å². The van der Waals surface area contributed by atoms with Crippen LogP contribution in [0.5, 0.6) is 5.75 Å². The molecule has 1 aliphatic heterocycles. The van der Waals surface area contributed by atoms with E-state index in [2.05, 4.69) is 27.0 Å². The molecule has 1 aromatic heterocycles. The van der Waals surface area contributed by atoms with Gasteiger partial charge >= 0.3 is 5.69 Å². The lowest BCUT2D eigenvalue weighted by Gasteiger charge is -2.35. The largest absolute Gasteiger partial charge is 0.494 e. The second-order valence-corrected chi connectivity index (χ2v) is 6.48. The van der Waals surface area contributed by atoms with Crippen molar-refractivity contribution in [3.63, 3.8) is 0 Å². The second kappa shape index (κ2) is 7.74. The highest BCUT2D eigenvalue weighted by Crippen LogP contribution is 2.31. The van der Waals surface area contributed by atoms with Gasteiger partial charge in [0.2, 0.25) is 5.82 Å². The van der Waals surface area contributed by atoms with Crippen molar-refractivity contribution in [1.82, 2.24) is 14.7 Å². The molecule has 26 heavy (non-hydrogen) atoms. The van der Waals surface area contributed by atoms with Crippen molar-refractivity contribution in [2.24, 2.45) is 7.05 Å². The molecule has 8 heteroatoms. The summed E-state index contributed by atoms with van der Waals surface area (Å²) in [5, 5.41) is 15.6. The topological polar surface area (TPSA) is 76.7 Å². The third kappa shape index (κ3) is 3.80. The quantitative estimate of drug-likeness (QED) is 0.582. The van der Waals surface area contributed by atoms with Gasteiger partial charge in [0, 0.05) is 39.8 Å². The minimum Gasteiger partial charge on any atom is -0.494 e. The average molecular weight is 359 g/mol. The van der Waals surface area contributed by atoms with Gasteiger partial charge in [-0.25, -0.2) is 4.68 Å². The summed E-state index contributed by atoms with van der Waals surface area (Å²) >= 11 is 0.